The fourth-order valence-corrected chi connectivity index (χ4v) is 1.81. The summed E-state index contributed by atoms with van der Waals surface area (Å²) < 4.78 is 81.1. The van der Waals surface area contributed by atoms with Gasteiger partial charge in [0.15, 0.2) is 0 Å². The molecule has 0 saturated carbocycles. The van der Waals surface area contributed by atoms with Crippen LogP contribution in [0.4, 0.5) is 26.3 Å². The molecule has 0 aliphatic heterocycles. The minimum Gasteiger partial charge on any atom is -0.468 e. The summed E-state index contributed by atoms with van der Waals surface area (Å²) in [6.45, 7) is 0. The van der Waals surface area contributed by atoms with Crippen LogP contribution in [0.1, 0.15) is 16.7 Å². The summed E-state index contributed by atoms with van der Waals surface area (Å²) >= 11 is 0. The van der Waals surface area contributed by atoms with Crippen LogP contribution in [-0.4, -0.2) is 19.1 Å². The number of benzene rings is 1. The molecule has 0 aromatic heterocycles. The van der Waals surface area contributed by atoms with Crippen LogP contribution < -0.4 is 5.73 Å². The summed E-state index contributed by atoms with van der Waals surface area (Å²) in [6, 6.07) is 0.522. The highest BCUT2D eigenvalue weighted by atomic mass is 35.5. The number of esters is 1. The van der Waals surface area contributed by atoms with E-state index in [2.05, 4.69) is 4.74 Å². The second kappa shape index (κ2) is 7.19. The zero-order valence-corrected chi connectivity index (χ0v) is 11.9. The van der Waals surface area contributed by atoms with Crippen molar-refractivity contribution in [3.8, 4) is 0 Å². The van der Waals surface area contributed by atoms with Crippen LogP contribution in [-0.2, 0) is 28.3 Å². The molecule has 0 radical (unpaired) electrons. The van der Waals surface area contributed by atoms with Crippen molar-refractivity contribution in [1.82, 2.24) is 0 Å². The first kappa shape index (κ1) is 20.5. The Morgan fingerprint density at radius 3 is 2.14 bits per heavy atom. The molecule has 22 heavy (non-hydrogen) atoms. The standard InChI is InChI=1S/C12H11F6NO2.ClH/c1-21-10(20)8(19)5-6-3-2-4-7(11(13,14)15)9(6)12(16,17)18;/h2-4,8H,5,19H2,1H3;1H. The number of hydrogen-bond acceptors (Lipinski definition) is 3. The second-order valence-electron chi connectivity index (χ2n) is 4.17. The van der Waals surface area contributed by atoms with Crippen molar-refractivity contribution in [3.63, 3.8) is 0 Å². The molecular weight excluding hydrogens is 340 g/mol. The Balaban J connectivity index is 0.00000441. The van der Waals surface area contributed by atoms with E-state index in [0.29, 0.717) is 6.07 Å². The number of hydrogen-bond donors (Lipinski definition) is 1. The number of alkyl halides is 6. The quantitative estimate of drug-likeness (QED) is 0.672. The van der Waals surface area contributed by atoms with Gasteiger partial charge < -0.3 is 10.5 Å². The maximum Gasteiger partial charge on any atom is 0.417 e. The molecule has 10 heteroatoms. The Morgan fingerprint density at radius 1 is 1.18 bits per heavy atom. The summed E-state index contributed by atoms with van der Waals surface area (Å²) in [5.74, 6) is -1.01. The van der Waals surface area contributed by atoms with Gasteiger partial charge in [-0.2, -0.15) is 26.3 Å². The molecule has 1 unspecified atom stereocenters. The number of rotatable bonds is 3. The number of carbonyl (C=O) groups is 1. The fraction of sp³-hybridized carbons (Fsp3) is 0.417. The Kier molecular flexibility index (Phi) is 6.70. The zero-order chi connectivity index (χ0) is 16.4. The topological polar surface area (TPSA) is 52.3 Å². The Labute approximate surface area is 127 Å². The lowest BCUT2D eigenvalue weighted by Crippen LogP contribution is -2.34. The first-order chi connectivity index (χ1) is 9.48. The number of ether oxygens (including phenoxy) is 1. The van der Waals surface area contributed by atoms with Gasteiger partial charge in [-0.15, -0.1) is 12.4 Å². The first-order valence-corrected chi connectivity index (χ1v) is 5.58. The van der Waals surface area contributed by atoms with E-state index in [4.69, 9.17) is 5.73 Å². The summed E-state index contributed by atoms with van der Waals surface area (Å²) in [5.41, 5.74) is 0.944. The smallest absolute Gasteiger partial charge is 0.417 e. The molecule has 0 amide bonds. The zero-order valence-electron chi connectivity index (χ0n) is 11.1. The van der Waals surface area contributed by atoms with Crippen molar-refractivity contribution in [3.05, 3.63) is 34.9 Å². The molecule has 0 bridgehead atoms. The number of carbonyl (C=O) groups excluding carboxylic acids is 1. The SMILES string of the molecule is COC(=O)C(N)Cc1cccc(C(F)(F)F)c1C(F)(F)F.Cl. The summed E-state index contributed by atoms with van der Waals surface area (Å²) in [4.78, 5) is 11.1. The van der Waals surface area contributed by atoms with Crippen LogP contribution in [0.2, 0.25) is 0 Å². The fourth-order valence-electron chi connectivity index (χ4n) is 1.81. The monoisotopic (exact) mass is 351 g/mol. The van der Waals surface area contributed by atoms with Crippen molar-refractivity contribution in [2.24, 2.45) is 5.73 Å². The second-order valence-corrected chi connectivity index (χ2v) is 4.17. The maximum atomic E-state index is 12.9. The van der Waals surface area contributed by atoms with E-state index >= 15 is 0 Å². The molecule has 0 fully saturated rings. The highest BCUT2D eigenvalue weighted by Gasteiger charge is 2.44. The molecule has 126 valence electrons. The third kappa shape index (κ3) is 4.77. The highest BCUT2D eigenvalue weighted by Crippen LogP contribution is 2.42. The Morgan fingerprint density at radius 2 is 1.73 bits per heavy atom. The lowest BCUT2D eigenvalue weighted by molar-refractivity contribution is -0.162. The van der Waals surface area contributed by atoms with E-state index < -0.39 is 47.5 Å². The van der Waals surface area contributed by atoms with Gasteiger partial charge in [0.2, 0.25) is 0 Å². The van der Waals surface area contributed by atoms with Crippen molar-refractivity contribution >= 4 is 18.4 Å². The predicted molar refractivity (Wildman–Crippen MR) is 67.4 cm³/mol. The highest BCUT2D eigenvalue weighted by molar-refractivity contribution is 5.85. The van der Waals surface area contributed by atoms with E-state index in [0.717, 1.165) is 19.2 Å². The lowest BCUT2D eigenvalue weighted by Gasteiger charge is -2.20. The van der Waals surface area contributed by atoms with Crippen LogP contribution in [0.25, 0.3) is 0 Å². The number of methoxy groups -OCH3 is 1. The minimum atomic E-state index is -5.22. The van der Waals surface area contributed by atoms with Gasteiger partial charge in [-0.05, 0) is 18.1 Å². The molecule has 1 atom stereocenters. The molecule has 3 nitrogen and oxygen atoms in total. The van der Waals surface area contributed by atoms with Gasteiger partial charge in [0.25, 0.3) is 0 Å². The Bertz CT molecular complexity index is 529. The normalized spacial score (nSPS) is 13.3. The molecule has 2 N–H and O–H groups in total. The van der Waals surface area contributed by atoms with Crippen molar-refractivity contribution < 1.29 is 35.9 Å². The van der Waals surface area contributed by atoms with Crippen LogP contribution >= 0.6 is 12.4 Å². The summed E-state index contributed by atoms with van der Waals surface area (Å²) in [6.07, 6.45) is -11.1. The van der Waals surface area contributed by atoms with E-state index in [9.17, 15) is 31.1 Å². The average molecular weight is 352 g/mol. The van der Waals surface area contributed by atoms with E-state index in [1.165, 1.54) is 0 Å². The molecular formula is C12H12ClF6NO2. The van der Waals surface area contributed by atoms with Gasteiger partial charge >= 0.3 is 18.3 Å². The largest absolute Gasteiger partial charge is 0.468 e. The van der Waals surface area contributed by atoms with Gasteiger partial charge in [0.1, 0.15) is 6.04 Å². The predicted octanol–water partition coefficient (Wildman–Crippen LogP) is 3.19. The number of nitrogens with two attached hydrogens (primary N) is 1. The van der Waals surface area contributed by atoms with Crippen molar-refractivity contribution in [2.45, 2.75) is 24.8 Å². The summed E-state index contributed by atoms with van der Waals surface area (Å²) in [7, 11) is 0.971. The molecule has 0 aliphatic carbocycles. The van der Waals surface area contributed by atoms with E-state index in [-0.39, 0.29) is 12.4 Å². The lowest BCUT2D eigenvalue weighted by atomic mass is 9.95. The molecule has 0 saturated heterocycles. The first-order valence-electron chi connectivity index (χ1n) is 5.58. The van der Waals surface area contributed by atoms with Crippen molar-refractivity contribution in [1.29, 1.82) is 0 Å². The molecule has 1 aromatic rings. The average Bonchev–Trinajstić information content (AvgIpc) is 2.35. The van der Waals surface area contributed by atoms with Crippen molar-refractivity contribution in [2.75, 3.05) is 7.11 Å². The molecule has 1 rings (SSSR count). The van der Waals surface area contributed by atoms with Crippen LogP contribution in [0.15, 0.2) is 18.2 Å². The summed E-state index contributed by atoms with van der Waals surface area (Å²) in [5, 5.41) is 0. The van der Waals surface area contributed by atoms with Gasteiger partial charge in [0, 0.05) is 0 Å². The van der Waals surface area contributed by atoms with E-state index in [1.807, 2.05) is 0 Å². The molecule has 1 aromatic carbocycles. The Hall–Kier alpha value is -1.48. The minimum absolute atomic E-state index is 0. The van der Waals surface area contributed by atoms with Gasteiger partial charge in [-0.3, -0.25) is 4.79 Å². The van der Waals surface area contributed by atoms with Gasteiger partial charge in [-0.1, -0.05) is 12.1 Å². The molecule has 0 aliphatic rings. The molecule has 0 spiro atoms. The third-order valence-corrected chi connectivity index (χ3v) is 2.68. The van der Waals surface area contributed by atoms with Gasteiger partial charge in [0.05, 0.1) is 18.2 Å². The van der Waals surface area contributed by atoms with E-state index in [1.54, 1.807) is 0 Å². The van der Waals surface area contributed by atoms with Gasteiger partial charge in [-0.25, -0.2) is 0 Å². The molecule has 0 heterocycles. The van der Waals surface area contributed by atoms with Crippen LogP contribution in [0.5, 0.6) is 0 Å². The van der Waals surface area contributed by atoms with Crippen LogP contribution in [0, 0.1) is 0 Å². The maximum absolute atomic E-state index is 12.9. The third-order valence-electron chi connectivity index (χ3n) is 2.68. The van der Waals surface area contributed by atoms with Crippen LogP contribution in [0.3, 0.4) is 0 Å². The number of halogens is 7.